The average Bonchev–Trinajstić information content (AvgIpc) is 3.10. The molecule has 1 aliphatic heterocycles. The summed E-state index contributed by atoms with van der Waals surface area (Å²) in [6.07, 6.45) is 6.74. The second-order valence-electron chi connectivity index (χ2n) is 5.78. The molecule has 2 aliphatic rings. The fraction of sp³-hybridized carbons (Fsp3) is 0.533. The standard InChI is InChI=1S/C15H19N3O3/c16-14(20)10-8-12(17-7-3-6-13(17)19)15(21)18(9-10)11-4-1-2-5-11/h8-9,11H,1-7H2,(H2,16,20). The molecule has 1 saturated heterocycles. The zero-order chi connectivity index (χ0) is 15.0. The van der Waals surface area contributed by atoms with E-state index in [2.05, 4.69) is 0 Å². The van der Waals surface area contributed by atoms with E-state index in [1.165, 1.54) is 11.0 Å². The third kappa shape index (κ3) is 2.46. The van der Waals surface area contributed by atoms with E-state index >= 15 is 0 Å². The van der Waals surface area contributed by atoms with Gasteiger partial charge < -0.3 is 15.2 Å². The molecule has 0 bridgehead atoms. The largest absolute Gasteiger partial charge is 0.366 e. The number of aromatic nitrogens is 1. The molecule has 1 aromatic rings. The quantitative estimate of drug-likeness (QED) is 0.907. The highest BCUT2D eigenvalue weighted by Gasteiger charge is 2.27. The number of primary amides is 1. The molecule has 1 saturated carbocycles. The van der Waals surface area contributed by atoms with E-state index in [9.17, 15) is 14.4 Å². The Bertz CT molecular complexity index is 644. The van der Waals surface area contributed by atoms with Gasteiger partial charge in [-0.25, -0.2) is 0 Å². The SMILES string of the molecule is NC(=O)c1cc(N2CCCC2=O)c(=O)n(C2CCCC2)c1. The van der Waals surface area contributed by atoms with Crippen molar-refractivity contribution in [2.24, 2.45) is 5.73 Å². The Morgan fingerprint density at radius 1 is 1.19 bits per heavy atom. The van der Waals surface area contributed by atoms with Crippen LogP contribution in [0, 0.1) is 0 Å². The first kappa shape index (κ1) is 13.9. The van der Waals surface area contributed by atoms with Crippen molar-refractivity contribution in [3.05, 3.63) is 28.2 Å². The van der Waals surface area contributed by atoms with Gasteiger partial charge in [-0.15, -0.1) is 0 Å². The van der Waals surface area contributed by atoms with Crippen LogP contribution in [-0.2, 0) is 4.79 Å². The molecule has 2 N–H and O–H groups in total. The molecule has 2 amide bonds. The van der Waals surface area contributed by atoms with Crippen molar-refractivity contribution in [2.45, 2.75) is 44.6 Å². The third-order valence-corrected chi connectivity index (χ3v) is 4.39. The number of hydrogen-bond donors (Lipinski definition) is 1. The van der Waals surface area contributed by atoms with Crippen molar-refractivity contribution in [3.63, 3.8) is 0 Å². The van der Waals surface area contributed by atoms with Gasteiger partial charge in [-0.1, -0.05) is 12.8 Å². The fourth-order valence-electron chi connectivity index (χ4n) is 3.27. The lowest BCUT2D eigenvalue weighted by Gasteiger charge is -2.20. The van der Waals surface area contributed by atoms with Crippen LogP contribution in [0.2, 0.25) is 0 Å². The van der Waals surface area contributed by atoms with Gasteiger partial charge in [0.25, 0.3) is 5.56 Å². The lowest BCUT2D eigenvalue weighted by Crippen LogP contribution is -2.35. The predicted octanol–water partition coefficient (Wildman–Crippen LogP) is 1.19. The van der Waals surface area contributed by atoms with Crippen LogP contribution in [0.4, 0.5) is 5.69 Å². The van der Waals surface area contributed by atoms with Crippen LogP contribution in [0.3, 0.4) is 0 Å². The molecule has 112 valence electrons. The zero-order valence-electron chi connectivity index (χ0n) is 11.9. The Morgan fingerprint density at radius 3 is 2.48 bits per heavy atom. The molecule has 0 radical (unpaired) electrons. The van der Waals surface area contributed by atoms with Crippen LogP contribution in [0.1, 0.15) is 54.9 Å². The number of anilines is 1. The normalized spacial score (nSPS) is 19.4. The topological polar surface area (TPSA) is 85.4 Å². The molecule has 3 rings (SSSR count). The highest BCUT2D eigenvalue weighted by molar-refractivity contribution is 5.98. The molecule has 2 fully saturated rings. The third-order valence-electron chi connectivity index (χ3n) is 4.39. The molecule has 6 heteroatoms. The first-order valence-electron chi connectivity index (χ1n) is 7.44. The van der Waals surface area contributed by atoms with Gasteiger partial charge in [0.2, 0.25) is 11.8 Å². The van der Waals surface area contributed by atoms with Gasteiger partial charge in [-0.05, 0) is 25.3 Å². The van der Waals surface area contributed by atoms with Crippen molar-refractivity contribution >= 4 is 17.5 Å². The van der Waals surface area contributed by atoms with Crippen molar-refractivity contribution in [1.29, 1.82) is 0 Å². The Labute approximate surface area is 122 Å². The van der Waals surface area contributed by atoms with E-state index in [4.69, 9.17) is 5.73 Å². The van der Waals surface area contributed by atoms with Crippen molar-refractivity contribution in [3.8, 4) is 0 Å². The maximum absolute atomic E-state index is 12.7. The van der Waals surface area contributed by atoms with Gasteiger partial charge in [0, 0.05) is 25.2 Å². The summed E-state index contributed by atoms with van der Waals surface area (Å²) < 4.78 is 1.61. The molecule has 0 aromatic carbocycles. The highest BCUT2D eigenvalue weighted by atomic mass is 16.2. The van der Waals surface area contributed by atoms with Gasteiger partial charge in [-0.3, -0.25) is 14.4 Å². The molecule has 21 heavy (non-hydrogen) atoms. The summed E-state index contributed by atoms with van der Waals surface area (Å²) in [6, 6.07) is 1.56. The second kappa shape index (κ2) is 5.35. The molecule has 0 atom stereocenters. The molecule has 1 aromatic heterocycles. The number of carbonyl (C=O) groups excluding carboxylic acids is 2. The van der Waals surface area contributed by atoms with Crippen LogP contribution in [0.25, 0.3) is 0 Å². The van der Waals surface area contributed by atoms with E-state index in [-0.39, 0.29) is 23.1 Å². The van der Waals surface area contributed by atoms with Crippen LogP contribution in [0.15, 0.2) is 17.1 Å². The lowest BCUT2D eigenvalue weighted by molar-refractivity contribution is -0.117. The maximum atomic E-state index is 12.7. The Hall–Kier alpha value is -2.11. The first-order chi connectivity index (χ1) is 10.1. The van der Waals surface area contributed by atoms with E-state index in [0.29, 0.717) is 18.7 Å². The molecule has 6 nitrogen and oxygen atoms in total. The number of nitrogens with zero attached hydrogens (tertiary/aromatic N) is 2. The number of amides is 2. The lowest BCUT2D eigenvalue weighted by atomic mass is 10.2. The van der Waals surface area contributed by atoms with Gasteiger partial charge in [0.05, 0.1) is 5.56 Å². The molecule has 0 unspecified atom stereocenters. The van der Waals surface area contributed by atoms with Crippen molar-refractivity contribution < 1.29 is 9.59 Å². The highest BCUT2D eigenvalue weighted by Crippen LogP contribution is 2.29. The molecule has 0 spiro atoms. The molecular weight excluding hydrogens is 270 g/mol. The van der Waals surface area contributed by atoms with Crippen molar-refractivity contribution in [2.75, 3.05) is 11.4 Å². The minimum atomic E-state index is -0.574. The molecule has 1 aliphatic carbocycles. The maximum Gasteiger partial charge on any atom is 0.274 e. The summed E-state index contributed by atoms with van der Waals surface area (Å²) in [7, 11) is 0. The number of pyridine rings is 1. The number of carbonyl (C=O) groups is 2. The van der Waals surface area contributed by atoms with Gasteiger partial charge >= 0.3 is 0 Å². The smallest absolute Gasteiger partial charge is 0.274 e. The van der Waals surface area contributed by atoms with Gasteiger partial charge in [-0.2, -0.15) is 0 Å². The summed E-state index contributed by atoms with van der Waals surface area (Å²) in [5.41, 5.74) is 5.76. The second-order valence-corrected chi connectivity index (χ2v) is 5.78. The zero-order valence-corrected chi connectivity index (χ0v) is 11.9. The van der Waals surface area contributed by atoms with E-state index in [0.717, 1.165) is 32.1 Å². The van der Waals surface area contributed by atoms with Crippen LogP contribution in [0.5, 0.6) is 0 Å². The number of rotatable bonds is 3. The monoisotopic (exact) mass is 289 g/mol. The van der Waals surface area contributed by atoms with Gasteiger partial charge in [0.1, 0.15) is 5.69 Å². The van der Waals surface area contributed by atoms with Crippen LogP contribution in [-0.4, -0.2) is 22.9 Å². The van der Waals surface area contributed by atoms with Crippen LogP contribution >= 0.6 is 0 Å². The Morgan fingerprint density at radius 2 is 1.90 bits per heavy atom. The predicted molar refractivity (Wildman–Crippen MR) is 78.3 cm³/mol. The van der Waals surface area contributed by atoms with E-state index in [1.54, 1.807) is 10.8 Å². The minimum absolute atomic E-state index is 0.0632. The summed E-state index contributed by atoms with van der Waals surface area (Å²) in [5.74, 6) is -0.638. The summed E-state index contributed by atoms with van der Waals surface area (Å²) in [5, 5.41) is 0. The summed E-state index contributed by atoms with van der Waals surface area (Å²) >= 11 is 0. The summed E-state index contributed by atoms with van der Waals surface area (Å²) in [4.78, 5) is 37.6. The molecular formula is C15H19N3O3. The Kier molecular flexibility index (Phi) is 3.53. The summed E-state index contributed by atoms with van der Waals surface area (Å²) in [6.45, 7) is 0.529. The van der Waals surface area contributed by atoms with Gasteiger partial charge in [0.15, 0.2) is 0 Å². The number of nitrogens with two attached hydrogens (primary N) is 1. The first-order valence-corrected chi connectivity index (χ1v) is 7.44. The number of hydrogen-bond acceptors (Lipinski definition) is 3. The van der Waals surface area contributed by atoms with E-state index < -0.39 is 5.91 Å². The molecule has 2 heterocycles. The van der Waals surface area contributed by atoms with Crippen LogP contribution < -0.4 is 16.2 Å². The minimum Gasteiger partial charge on any atom is -0.366 e. The fourth-order valence-corrected chi connectivity index (χ4v) is 3.27. The Balaban J connectivity index is 2.11. The average molecular weight is 289 g/mol. The van der Waals surface area contributed by atoms with Crippen molar-refractivity contribution in [1.82, 2.24) is 4.57 Å². The van der Waals surface area contributed by atoms with E-state index in [1.807, 2.05) is 0 Å².